The van der Waals surface area contributed by atoms with Crippen molar-refractivity contribution >= 4 is 28.8 Å². The molecule has 1 N–H and O–H groups in total. The summed E-state index contributed by atoms with van der Waals surface area (Å²) in [6.45, 7) is 3.98. The Kier molecular flexibility index (Phi) is 5.29. The van der Waals surface area contributed by atoms with Crippen molar-refractivity contribution in [1.82, 2.24) is 0 Å². The molecular formula is C25H21FN2O3. The van der Waals surface area contributed by atoms with Crippen LogP contribution in [0.5, 0.6) is 5.75 Å². The van der Waals surface area contributed by atoms with Crippen molar-refractivity contribution < 1.29 is 18.7 Å². The van der Waals surface area contributed by atoms with E-state index in [0.717, 1.165) is 16.0 Å². The van der Waals surface area contributed by atoms with Gasteiger partial charge in [0.1, 0.15) is 17.3 Å². The second kappa shape index (κ2) is 8.07. The molecule has 0 fully saturated rings. The Morgan fingerprint density at radius 1 is 0.839 bits per heavy atom. The van der Waals surface area contributed by atoms with Crippen LogP contribution < -0.4 is 15.0 Å². The average molecular weight is 416 g/mol. The zero-order valence-electron chi connectivity index (χ0n) is 17.4. The van der Waals surface area contributed by atoms with Crippen LogP contribution in [0.25, 0.3) is 5.57 Å². The highest BCUT2D eigenvalue weighted by atomic mass is 19.1. The smallest absolute Gasteiger partial charge is 0.282 e. The highest BCUT2D eigenvalue weighted by molar-refractivity contribution is 6.46. The second-order valence-corrected chi connectivity index (χ2v) is 7.32. The van der Waals surface area contributed by atoms with Crippen molar-refractivity contribution in [2.24, 2.45) is 0 Å². The van der Waals surface area contributed by atoms with Crippen LogP contribution in [0.1, 0.15) is 16.7 Å². The lowest BCUT2D eigenvalue weighted by Gasteiger charge is -2.15. The Bertz CT molecular complexity index is 1200. The fourth-order valence-corrected chi connectivity index (χ4v) is 3.46. The van der Waals surface area contributed by atoms with Crippen LogP contribution in [-0.2, 0) is 9.59 Å². The van der Waals surface area contributed by atoms with Gasteiger partial charge in [-0.2, -0.15) is 0 Å². The third-order valence-electron chi connectivity index (χ3n) is 5.32. The summed E-state index contributed by atoms with van der Waals surface area (Å²) in [5.41, 5.74) is 4.18. The van der Waals surface area contributed by atoms with Gasteiger partial charge in [-0.05, 0) is 79.1 Å². The monoisotopic (exact) mass is 416 g/mol. The third kappa shape index (κ3) is 3.80. The minimum Gasteiger partial charge on any atom is -0.497 e. The summed E-state index contributed by atoms with van der Waals surface area (Å²) in [4.78, 5) is 27.7. The number of aryl methyl sites for hydroxylation is 2. The van der Waals surface area contributed by atoms with Gasteiger partial charge in [-0.15, -0.1) is 0 Å². The summed E-state index contributed by atoms with van der Waals surface area (Å²) >= 11 is 0. The first kappa shape index (κ1) is 20.3. The minimum atomic E-state index is -0.499. The lowest BCUT2D eigenvalue weighted by molar-refractivity contribution is -0.120. The highest BCUT2D eigenvalue weighted by Gasteiger charge is 2.40. The fraction of sp³-hybridized carbons (Fsp3) is 0.120. The maximum atomic E-state index is 13.4. The van der Waals surface area contributed by atoms with Crippen LogP contribution in [0.4, 0.5) is 15.8 Å². The summed E-state index contributed by atoms with van der Waals surface area (Å²) in [5, 5.41) is 3.14. The maximum absolute atomic E-state index is 13.4. The van der Waals surface area contributed by atoms with Crippen LogP contribution in [-0.4, -0.2) is 18.9 Å². The molecule has 2 amide bonds. The molecule has 0 radical (unpaired) electrons. The molecule has 156 valence electrons. The largest absolute Gasteiger partial charge is 0.497 e. The molecule has 4 rings (SSSR count). The number of hydrogen-bond donors (Lipinski definition) is 1. The molecule has 5 nitrogen and oxygen atoms in total. The van der Waals surface area contributed by atoms with Gasteiger partial charge < -0.3 is 10.1 Å². The van der Waals surface area contributed by atoms with Gasteiger partial charge >= 0.3 is 0 Å². The van der Waals surface area contributed by atoms with Crippen molar-refractivity contribution in [1.29, 1.82) is 0 Å². The number of amides is 2. The van der Waals surface area contributed by atoms with Gasteiger partial charge in [-0.1, -0.05) is 18.2 Å². The fourth-order valence-electron chi connectivity index (χ4n) is 3.46. The molecule has 0 unspecified atom stereocenters. The molecule has 1 aliphatic rings. The van der Waals surface area contributed by atoms with Crippen molar-refractivity contribution in [2.75, 3.05) is 17.3 Å². The summed E-state index contributed by atoms with van der Waals surface area (Å²) in [6, 6.07) is 17.9. The van der Waals surface area contributed by atoms with E-state index in [1.54, 1.807) is 31.4 Å². The first-order valence-corrected chi connectivity index (χ1v) is 9.76. The Hall–Kier alpha value is -3.93. The normalized spacial score (nSPS) is 13.7. The molecule has 0 saturated heterocycles. The number of hydrogen-bond acceptors (Lipinski definition) is 4. The van der Waals surface area contributed by atoms with E-state index in [1.807, 2.05) is 32.0 Å². The molecule has 0 bridgehead atoms. The number of rotatable bonds is 5. The van der Waals surface area contributed by atoms with Crippen molar-refractivity contribution in [3.63, 3.8) is 0 Å². The molecule has 6 heteroatoms. The second-order valence-electron chi connectivity index (χ2n) is 7.32. The van der Waals surface area contributed by atoms with E-state index in [2.05, 4.69) is 5.32 Å². The van der Waals surface area contributed by atoms with Crippen LogP contribution in [0.3, 0.4) is 0 Å². The van der Waals surface area contributed by atoms with Crippen molar-refractivity contribution in [3.8, 4) is 5.75 Å². The minimum absolute atomic E-state index is 0.169. The summed E-state index contributed by atoms with van der Waals surface area (Å²) in [7, 11) is 1.56. The number of carbonyl (C=O) groups is 2. The molecule has 31 heavy (non-hydrogen) atoms. The zero-order chi connectivity index (χ0) is 22.1. The lowest BCUT2D eigenvalue weighted by Crippen LogP contribution is -2.32. The molecule has 0 spiro atoms. The van der Waals surface area contributed by atoms with E-state index in [1.165, 1.54) is 24.3 Å². The van der Waals surface area contributed by atoms with E-state index in [9.17, 15) is 14.0 Å². The maximum Gasteiger partial charge on any atom is 0.282 e. The Balaban J connectivity index is 1.81. The first-order chi connectivity index (χ1) is 14.9. The number of ether oxygens (including phenoxy) is 1. The predicted molar refractivity (Wildman–Crippen MR) is 118 cm³/mol. The van der Waals surface area contributed by atoms with Crippen LogP contribution in [0, 0.1) is 19.7 Å². The van der Waals surface area contributed by atoms with E-state index in [0.29, 0.717) is 22.7 Å². The van der Waals surface area contributed by atoms with Gasteiger partial charge in [0.25, 0.3) is 11.8 Å². The van der Waals surface area contributed by atoms with Gasteiger partial charge in [0.15, 0.2) is 0 Å². The molecule has 0 aromatic heterocycles. The predicted octanol–water partition coefficient (Wildman–Crippen LogP) is 4.85. The van der Waals surface area contributed by atoms with Gasteiger partial charge in [-0.3, -0.25) is 9.59 Å². The van der Waals surface area contributed by atoms with E-state index < -0.39 is 17.6 Å². The molecule has 1 aliphatic heterocycles. The van der Waals surface area contributed by atoms with E-state index in [4.69, 9.17) is 4.74 Å². The number of benzene rings is 3. The molecule has 3 aromatic rings. The zero-order valence-corrected chi connectivity index (χ0v) is 17.4. The quantitative estimate of drug-likeness (QED) is 0.604. The number of carbonyl (C=O) groups excluding carboxylic acids is 2. The van der Waals surface area contributed by atoms with Crippen molar-refractivity contribution in [2.45, 2.75) is 13.8 Å². The van der Waals surface area contributed by atoms with Gasteiger partial charge in [0, 0.05) is 5.69 Å². The number of methoxy groups -OCH3 is 1. The topological polar surface area (TPSA) is 58.6 Å². The molecule has 0 saturated carbocycles. The van der Waals surface area contributed by atoms with Crippen LogP contribution >= 0.6 is 0 Å². The number of halogens is 1. The third-order valence-corrected chi connectivity index (χ3v) is 5.32. The standard InChI is InChI=1S/C25H21FN2O3/c1-15-4-9-19(14-16(15)2)27-23-22(17-5-12-21(31-3)13-6-17)24(29)28(25(23)30)20-10-7-18(26)8-11-20/h4-14,27H,1-3H3. The van der Waals surface area contributed by atoms with E-state index in [-0.39, 0.29) is 11.3 Å². The van der Waals surface area contributed by atoms with Crippen molar-refractivity contribution in [3.05, 3.63) is 94.9 Å². The van der Waals surface area contributed by atoms with Gasteiger partial charge in [0.05, 0.1) is 18.4 Å². The average Bonchev–Trinajstić information content (AvgIpc) is 3.01. The summed E-state index contributed by atoms with van der Waals surface area (Å²) in [5.74, 6) is -0.784. The van der Waals surface area contributed by atoms with Crippen LogP contribution in [0.2, 0.25) is 0 Å². The highest BCUT2D eigenvalue weighted by Crippen LogP contribution is 2.34. The van der Waals surface area contributed by atoms with Gasteiger partial charge in [-0.25, -0.2) is 9.29 Å². The summed E-state index contributed by atoms with van der Waals surface area (Å²) in [6.07, 6.45) is 0. The van der Waals surface area contributed by atoms with E-state index >= 15 is 0 Å². The number of anilines is 2. The molecule has 0 aliphatic carbocycles. The molecule has 3 aromatic carbocycles. The first-order valence-electron chi connectivity index (χ1n) is 9.76. The number of imide groups is 1. The Labute approximate surface area is 179 Å². The summed E-state index contributed by atoms with van der Waals surface area (Å²) < 4.78 is 18.6. The molecule has 1 heterocycles. The SMILES string of the molecule is COc1ccc(C2=C(Nc3ccc(C)c(C)c3)C(=O)N(c3ccc(F)cc3)C2=O)cc1. The Morgan fingerprint density at radius 3 is 2.13 bits per heavy atom. The van der Waals surface area contributed by atoms with Gasteiger partial charge in [0.2, 0.25) is 0 Å². The van der Waals surface area contributed by atoms with Crippen LogP contribution in [0.15, 0.2) is 72.4 Å². The number of nitrogens with zero attached hydrogens (tertiary/aromatic N) is 1. The molecular weight excluding hydrogens is 395 g/mol. The number of nitrogens with one attached hydrogen (secondary N) is 1. The Morgan fingerprint density at radius 2 is 1.52 bits per heavy atom. The molecule has 0 atom stereocenters. The lowest BCUT2D eigenvalue weighted by atomic mass is 10.0.